The van der Waals surface area contributed by atoms with E-state index in [9.17, 15) is 9.59 Å². The van der Waals surface area contributed by atoms with Gasteiger partial charge >= 0.3 is 0 Å². The summed E-state index contributed by atoms with van der Waals surface area (Å²) in [5.41, 5.74) is 14.2. The molecule has 36 heavy (non-hydrogen) atoms. The third kappa shape index (κ3) is 8.62. The maximum absolute atomic E-state index is 12.2. The zero-order valence-electron chi connectivity index (χ0n) is 20.5. The van der Waals surface area contributed by atoms with E-state index in [0.717, 1.165) is 49.8 Å². The molecule has 4 N–H and O–H groups in total. The molecule has 0 unspecified atom stereocenters. The van der Waals surface area contributed by atoms with Gasteiger partial charge in [0, 0.05) is 11.3 Å². The van der Waals surface area contributed by atoms with Gasteiger partial charge in [0.15, 0.2) is 11.5 Å². The maximum atomic E-state index is 12.2. The Bertz CT molecular complexity index is 1140. The Morgan fingerprint density at radius 1 is 0.806 bits per heavy atom. The lowest BCUT2D eigenvalue weighted by Gasteiger charge is -2.11. The number of ketones is 1. The minimum Gasteiger partial charge on any atom is -0.494 e. The molecular weight excluding hydrogens is 452 g/mol. The van der Waals surface area contributed by atoms with E-state index in [2.05, 4.69) is 0 Å². The van der Waals surface area contributed by atoms with E-state index in [-0.39, 0.29) is 11.3 Å². The highest BCUT2D eigenvalue weighted by molar-refractivity contribution is 6.06. The molecule has 1 radical (unpaired) electrons. The van der Waals surface area contributed by atoms with Crippen molar-refractivity contribution in [3.05, 3.63) is 89.5 Å². The third-order valence-corrected chi connectivity index (χ3v) is 5.67. The lowest BCUT2D eigenvalue weighted by atomic mass is 10.1. The summed E-state index contributed by atoms with van der Waals surface area (Å²) in [7, 11) is 0. The zero-order valence-corrected chi connectivity index (χ0v) is 20.5. The molecule has 3 aromatic rings. The van der Waals surface area contributed by atoms with Gasteiger partial charge in [0.25, 0.3) is 0 Å². The Kier molecular flexibility index (Phi) is 10.6. The van der Waals surface area contributed by atoms with Gasteiger partial charge in [-0.15, -0.1) is 0 Å². The normalized spacial score (nSPS) is 10.9. The van der Waals surface area contributed by atoms with Crippen molar-refractivity contribution in [1.29, 1.82) is 0 Å². The molecule has 0 aromatic heterocycles. The number of benzene rings is 3. The minimum atomic E-state index is -0.0133. The molecule has 3 rings (SSSR count). The van der Waals surface area contributed by atoms with Crippen LogP contribution in [0.15, 0.2) is 72.8 Å². The summed E-state index contributed by atoms with van der Waals surface area (Å²) in [6, 6.07) is 20.1. The number of ether oxygens (including phenoxy) is 2. The molecule has 0 atom stereocenters. The molecule has 187 valence electrons. The fourth-order valence-corrected chi connectivity index (χ4v) is 3.73. The number of nitrogens with two attached hydrogens (primary N) is 2. The number of allylic oxidation sites excluding steroid dienone is 1. The number of anilines is 2. The Hall–Kier alpha value is -4.06. The van der Waals surface area contributed by atoms with Crippen molar-refractivity contribution < 1.29 is 19.1 Å². The van der Waals surface area contributed by atoms with Crippen molar-refractivity contribution in [3.8, 4) is 11.5 Å². The fraction of sp³-hybridized carbons (Fsp3) is 0.267. The quantitative estimate of drug-likeness (QED) is 0.118. The van der Waals surface area contributed by atoms with Crippen LogP contribution in [0.4, 0.5) is 11.4 Å². The second kappa shape index (κ2) is 14.4. The number of hydrogen-bond acceptors (Lipinski definition) is 6. The number of unbranched alkanes of at least 4 members (excludes halogenated alkanes) is 5. The lowest BCUT2D eigenvalue weighted by Crippen LogP contribution is -2.04. The van der Waals surface area contributed by atoms with Gasteiger partial charge in [-0.1, -0.05) is 74.2 Å². The predicted octanol–water partition coefficient (Wildman–Crippen LogP) is 6.00. The standard InChI is InChI=1S/C30H33N2O4/c31-26-20-25(22-33)30(28(32)21-26)36-19-9-4-2-1-3-8-18-35-27-15-12-23(13-16-27)14-17-29(34)24-10-6-5-7-11-24/h5-7,10-17,20-21H,1-4,8-9,18-19,31-32H2. The Morgan fingerprint density at radius 2 is 1.44 bits per heavy atom. The van der Waals surface area contributed by atoms with Crippen LogP contribution >= 0.6 is 0 Å². The van der Waals surface area contributed by atoms with Gasteiger partial charge < -0.3 is 20.9 Å². The summed E-state index contributed by atoms with van der Waals surface area (Å²) in [6.07, 6.45) is 11.5. The SMILES string of the molecule is Nc1cc(N)c(OCCCCCCCCOc2ccc(C=CC(=O)c3ccccc3)cc2)c([C]=O)c1. The number of carbonyl (C=O) groups excluding carboxylic acids is 2. The molecule has 0 bridgehead atoms. The van der Waals surface area contributed by atoms with Crippen LogP contribution in [0.1, 0.15) is 60.0 Å². The van der Waals surface area contributed by atoms with Crippen LogP contribution in [0.5, 0.6) is 11.5 Å². The van der Waals surface area contributed by atoms with Crippen molar-refractivity contribution in [3.63, 3.8) is 0 Å². The van der Waals surface area contributed by atoms with Crippen LogP contribution in [0.25, 0.3) is 6.08 Å². The smallest absolute Gasteiger partial charge is 0.237 e. The molecule has 0 amide bonds. The van der Waals surface area contributed by atoms with E-state index in [1.165, 1.54) is 6.07 Å². The van der Waals surface area contributed by atoms with Gasteiger partial charge in [-0.3, -0.25) is 9.59 Å². The lowest BCUT2D eigenvalue weighted by molar-refractivity contribution is 0.104. The second-order valence-electron chi connectivity index (χ2n) is 8.54. The summed E-state index contributed by atoms with van der Waals surface area (Å²) in [5.74, 6) is 1.18. The molecule has 0 saturated carbocycles. The Morgan fingerprint density at radius 3 is 2.11 bits per heavy atom. The van der Waals surface area contributed by atoms with Crippen LogP contribution in [-0.2, 0) is 4.79 Å². The molecular formula is C30H33N2O4. The second-order valence-corrected chi connectivity index (χ2v) is 8.54. The highest BCUT2D eigenvalue weighted by Gasteiger charge is 2.09. The van der Waals surface area contributed by atoms with Gasteiger partial charge in [0.1, 0.15) is 5.75 Å². The fourth-order valence-electron chi connectivity index (χ4n) is 3.73. The van der Waals surface area contributed by atoms with E-state index < -0.39 is 0 Å². The van der Waals surface area contributed by atoms with Crippen LogP contribution in [0, 0.1) is 0 Å². The van der Waals surface area contributed by atoms with Gasteiger partial charge in [-0.25, -0.2) is 0 Å². The molecule has 3 aromatic carbocycles. The van der Waals surface area contributed by atoms with E-state index in [4.69, 9.17) is 20.9 Å². The Balaban J connectivity index is 1.24. The van der Waals surface area contributed by atoms with E-state index >= 15 is 0 Å². The zero-order chi connectivity index (χ0) is 25.6. The van der Waals surface area contributed by atoms with Crippen molar-refractivity contribution in [2.75, 3.05) is 24.7 Å². The van der Waals surface area contributed by atoms with Crippen LogP contribution in [-0.4, -0.2) is 25.3 Å². The molecule has 0 heterocycles. The maximum Gasteiger partial charge on any atom is 0.237 e. The van der Waals surface area contributed by atoms with Gasteiger partial charge in [-0.2, -0.15) is 0 Å². The first-order chi connectivity index (χ1) is 17.6. The van der Waals surface area contributed by atoms with Crippen molar-refractivity contribution in [1.82, 2.24) is 0 Å². The van der Waals surface area contributed by atoms with Gasteiger partial charge in [-0.05, 0) is 48.7 Å². The predicted molar refractivity (Wildman–Crippen MR) is 145 cm³/mol. The average Bonchev–Trinajstić information content (AvgIpc) is 2.90. The molecule has 0 fully saturated rings. The molecule has 6 heteroatoms. The molecule has 0 aliphatic carbocycles. The van der Waals surface area contributed by atoms with Gasteiger partial charge in [0.05, 0.1) is 24.5 Å². The minimum absolute atomic E-state index is 0.0133. The molecule has 0 aliphatic rings. The van der Waals surface area contributed by atoms with Gasteiger partial charge in [0.2, 0.25) is 6.29 Å². The first kappa shape index (κ1) is 26.5. The largest absolute Gasteiger partial charge is 0.494 e. The molecule has 0 saturated heterocycles. The number of carbonyl (C=O) groups is 1. The van der Waals surface area contributed by atoms with Crippen LogP contribution < -0.4 is 20.9 Å². The van der Waals surface area contributed by atoms with E-state index in [0.29, 0.717) is 35.9 Å². The summed E-state index contributed by atoms with van der Waals surface area (Å²) >= 11 is 0. The van der Waals surface area contributed by atoms with Crippen LogP contribution in [0.3, 0.4) is 0 Å². The van der Waals surface area contributed by atoms with Crippen molar-refractivity contribution >= 4 is 29.5 Å². The highest BCUT2D eigenvalue weighted by atomic mass is 16.5. The van der Waals surface area contributed by atoms with Crippen molar-refractivity contribution in [2.45, 2.75) is 38.5 Å². The molecule has 0 spiro atoms. The first-order valence-corrected chi connectivity index (χ1v) is 12.3. The Labute approximate surface area is 212 Å². The van der Waals surface area contributed by atoms with Crippen molar-refractivity contribution in [2.24, 2.45) is 0 Å². The number of hydrogen-bond donors (Lipinski definition) is 2. The number of nitrogen functional groups attached to an aromatic ring is 2. The highest BCUT2D eigenvalue weighted by Crippen LogP contribution is 2.28. The average molecular weight is 486 g/mol. The van der Waals surface area contributed by atoms with E-state index in [1.54, 1.807) is 12.1 Å². The topological polar surface area (TPSA) is 105 Å². The van der Waals surface area contributed by atoms with E-state index in [1.807, 2.05) is 67.0 Å². The van der Waals surface area contributed by atoms with Crippen LogP contribution in [0.2, 0.25) is 0 Å². The monoisotopic (exact) mass is 485 g/mol. The summed E-state index contributed by atoms with van der Waals surface area (Å²) in [4.78, 5) is 23.2. The summed E-state index contributed by atoms with van der Waals surface area (Å²) < 4.78 is 11.5. The number of rotatable bonds is 15. The molecule has 0 aliphatic heterocycles. The summed E-state index contributed by atoms with van der Waals surface area (Å²) in [6.45, 7) is 1.17. The summed E-state index contributed by atoms with van der Waals surface area (Å²) in [5, 5.41) is 0. The first-order valence-electron chi connectivity index (χ1n) is 12.3. The third-order valence-electron chi connectivity index (χ3n) is 5.67. The molecule has 6 nitrogen and oxygen atoms in total.